The highest BCUT2D eigenvalue weighted by Gasteiger charge is 1.99. The van der Waals surface area contributed by atoms with E-state index >= 15 is 0 Å². The van der Waals surface area contributed by atoms with Crippen LogP contribution in [0, 0.1) is 11.3 Å². The normalized spacial score (nSPS) is 9.59. The van der Waals surface area contributed by atoms with Gasteiger partial charge in [0.25, 0.3) is 0 Å². The zero-order valence-electron chi connectivity index (χ0n) is 9.09. The number of aromatic nitrogens is 1. The molecule has 1 heterocycles. The lowest BCUT2D eigenvalue weighted by molar-refractivity contribution is 0.469. The van der Waals surface area contributed by atoms with Crippen LogP contribution in [0.25, 0.3) is 0 Å². The van der Waals surface area contributed by atoms with Crippen molar-refractivity contribution < 1.29 is 5.11 Å². The predicted molar refractivity (Wildman–Crippen MR) is 64.4 cm³/mol. The first-order valence-corrected chi connectivity index (χ1v) is 5.16. The molecule has 84 valence electrons. The average molecular weight is 225 g/mol. The van der Waals surface area contributed by atoms with Gasteiger partial charge in [0.2, 0.25) is 0 Å². The summed E-state index contributed by atoms with van der Waals surface area (Å²) in [6.07, 6.45) is 1.60. The van der Waals surface area contributed by atoms with E-state index in [1.807, 2.05) is 18.2 Å². The molecule has 2 rings (SSSR count). The molecule has 0 amide bonds. The van der Waals surface area contributed by atoms with Crippen molar-refractivity contribution in [3.63, 3.8) is 0 Å². The van der Waals surface area contributed by atoms with Crippen LogP contribution in [-0.2, 0) is 6.54 Å². The third-order valence-electron chi connectivity index (χ3n) is 2.35. The van der Waals surface area contributed by atoms with Crippen molar-refractivity contribution in [2.75, 3.05) is 5.32 Å². The molecule has 4 nitrogen and oxygen atoms in total. The van der Waals surface area contributed by atoms with Gasteiger partial charge < -0.3 is 10.4 Å². The highest BCUT2D eigenvalue weighted by molar-refractivity contribution is 5.44. The number of pyridine rings is 1. The molecule has 17 heavy (non-hydrogen) atoms. The van der Waals surface area contributed by atoms with Crippen LogP contribution in [0.5, 0.6) is 5.75 Å². The van der Waals surface area contributed by atoms with Gasteiger partial charge >= 0.3 is 0 Å². The Morgan fingerprint density at radius 2 is 2.06 bits per heavy atom. The van der Waals surface area contributed by atoms with Crippen molar-refractivity contribution in [3.8, 4) is 11.8 Å². The number of hydrogen-bond donors (Lipinski definition) is 2. The molecule has 0 aliphatic rings. The zero-order valence-corrected chi connectivity index (χ0v) is 9.09. The number of nitrogens with zero attached hydrogens (tertiary/aromatic N) is 2. The van der Waals surface area contributed by atoms with Crippen molar-refractivity contribution >= 4 is 5.69 Å². The summed E-state index contributed by atoms with van der Waals surface area (Å²) >= 11 is 0. The van der Waals surface area contributed by atoms with Crippen LogP contribution in [-0.4, -0.2) is 10.1 Å². The molecule has 0 unspecified atom stereocenters. The van der Waals surface area contributed by atoms with Crippen LogP contribution in [0.15, 0.2) is 42.6 Å². The van der Waals surface area contributed by atoms with Crippen molar-refractivity contribution in [2.24, 2.45) is 0 Å². The van der Waals surface area contributed by atoms with Gasteiger partial charge in [-0.05, 0) is 18.2 Å². The van der Waals surface area contributed by atoms with Crippen LogP contribution in [0.1, 0.15) is 11.3 Å². The number of aromatic hydroxyl groups is 1. The number of nitriles is 1. The second-order valence-electron chi connectivity index (χ2n) is 3.53. The zero-order chi connectivity index (χ0) is 12.1. The van der Waals surface area contributed by atoms with Gasteiger partial charge in [-0.3, -0.25) is 0 Å². The molecular formula is C13H11N3O. The van der Waals surface area contributed by atoms with E-state index in [2.05, 4.69) is 10.3 Å². The quantitative estimate of drug-likeness (QED) is 0.840. The minimum absolute atomic E-state index is 0.265. The van der Waals surface area contributed by atoms with E-state index in [0.29, 0.717) is 12.2 Å². The van der Waals surface area contributed by atoms with Crippen LogP contribution in [0.3, 0.4) is 0 Å². The summed E-state index contributed by atoms with van der Waals surface area (Å²) < 4.78 is 0. The van der Waals surface area contributed by atoms with Crippen LogP contribution in [0.2, 0.25) is 0 Å². The molecule has 0 fully saturated rings. The monoisotopic (exact) mass is 225 g/mol. The van der Waals surface area contributed by atoms with E-state index in [1.54, 1.807) is 30.5 Å². The Hall–Kier alpha value is -2.54. The van der Waals surface area contributed by atoms with Crippen molar-refractivity contribution in [1.82, 2.24) is 4.98 Å². The lowest BCUT2D eigenvalue weighted by atomic mass is 10.2. The van der Waals surface area contributed by atoms with Gasteiger partial charge in [0, 0.05) is 12.1 Å². The Bertz CT molecular complexity index is 543. The maximum Gasteiger partial charge on any atom is 0.140 e. The van der Waals surface area contributed by atoms with E-state index in [0.717, 1.165) is 11.3 Å². The Kier molecular flexibility index (Phi) is 3.22. The second kappa shape index (κ2) is 4.99. The Morgan fingerprint density at radius 3 is 2.71 bits per heavy atom. The summed E-state index contributed by atoms with van der Waals surface area (Å²) in [5.41, 5.74) is 2.02. The SMILES string of the molecule is N#Cc1ccc(NCc2ccccc2O)cn1. The molecule has 0 saturated heterocycles. The molecule has 0 aliphatic heterocycles. The number of benzene rings is 1. The second-order valence-corrected chi connectivity index (χ2v) is 3.53. The van der Waals surface area contributed by atoms with Gasteiger partial charge in [-0.25, -0.2) is 4.98 Å². The molecule has 2 N–H and O–H groups in total. The molecule has 2 aromatic rings. The summed E-state index contributed by atoms with van der Waals surface area (Å²) in [7, 11) is 0. The van der Waals surface area contributed by atoms with E-state index < -0.39 is 0 Å². The molecular weight excluding hydrogens is 214 g/mol. The van der Waals surface area contributed by atoms with E-state index in [-0.39, 0.29) is 5.75 Å². The fraction of sp³-hybridized carbons (Fsp3) is 0.0769. The number of phenolic OH excluding ortho intramolecular Hbond substituents is 1. The third kappa shape index (κ3) is 2.73. The summed E-state index contributed by atoms with van der Waals surface area (Å²) in [5.74, 6) is 0.265. The van der Waals surface area contributed by atoms with Gasteiger partial charge in [0.1, 0.15) is 17.5 Å². The lowest BCUT2D eigenvalue weighted by Gasteiger charge is -2.07. The average Bonchev–Trinajstić information content (AvgIpc) is 2.38. The Balaban J connectivity index is 2.03. The highest BCUT2D eigenvalue weighted by Crippen LogP contribution is 2.17. The molecule has 0 bridgehead atoms. The van der Waals surface area contributed by atoms with Crippen molar-refractivity contribution in [2.45, 2.75) is 6.54 Å². The minimum Gasteiger partial charge on any atom is -0.508 e. The highest BCUT2D eigenvalue weighted by atomic mass is 16.3. The molecule has 4 heteroatoms. The topological polar surface area (TPSA) is 68.9 Å². The fourth-order valence-corrected chi connectivity index (χ4v) is 1.42. The number of anilines is 1. The van der Waals surface area contributed by atoms with Gasteiger partial charge in [-0.15, -0.1) is 0 Å². The number of nitrogens with one attached hydrogen (secondary N) is 1. The summed E-state index contributed by atoms with van der Waals surface area (Å²) in [4.78, 5) is 3.95. The van der Waals surface area contributed by atoms with Crippen molar-refractivity contribution in [3.05, 3.63) is 53.9 Å². The maximum atomic E-state index is 9.57. The van der Waals surface area contributed by atoms with Gasteiger partial charge in [-0.2, -0.15) is 5.26 Å². The predicted octanol–water partition coefficient (Wildman–Crippen LogP) is 2.27. The number of phenols is 1. The number of rotatable bonds is 3. The van der Waals surface area contributed by atoms with Gasteiger partial charge in [0.15, 0.2) is 0 Å². The summed E-state index contributed by atoms with van der Waals surface area (Å²) in [6, 6.07) is 12.5. The smallest absolute Gasteiger partial charge is 0.140 e. The third-order valence-corrected chi connectivity index (χ3v) is 2.35. The first kappa shape index (κ1) is 11.0. The molecule has 1 aromatic carbocycles. The molecule has 0 radical (unpaired) electrons. The molecule has 1 aromatic heterocycles. The van der Waals surface area contributed by atoms with E-state index in [1.165, 1.54) is 0 Å². The van der Waals surface area contributed by atoms with Gasteiger partial charge in [0.05, 0.1) is 11.9 Å². The number of hydrogen-bond acceptors (Lipinski definition) is 4. The van der Waals surface area contributed by atoms with E-state index in [4.69, 9.17) is 5.26 Å². The first-order chi connectivity index (χ1) is 8.29. The molecule has 0 aliphatic carbocycles. The maximum absolute atomic E-state index is 9.57. The van der Waals surface area contributed by atoms with E-state index in [9.17, 15) is 5.11 Å². The molecule has 0 spiro atoms. The summed E-state index contributed by atoms with van der Waals surface area (Å²) in [6.45, 7) is 0.514. The molecule has 0 atom stereocenters. The Labute approximate surface area is 99.2 Å². The fourth-order valence-electron chi connectivity index (χ4n) is 1.42. The minimum atomic E-state index is 0.265. The van der Waals surface area contributed by atoms with Crippen LogP contribution < -0.4 is 5.32 Å². The standard InChI is InChI=1S/C13H11N3O/c14-7-11-5-6-12(9-16-11)15-8-10-3-1-2-4-13(10)17/h1-6,9,15,17H,8H2. The van der Waals surface area contributed by atoms with Crippen LogP contribution >= 0.6 is 0 Å². The van der Waals surface area contributed by atoms with Gasteiger partial charge in [-0.1, -0.05) is 18.2 Å². The number of para-hydroxylation sites is 1. The first-order valence-electron chi connectivity index (χ1n) is 5.16. The van der Waals surface area contributed by atoms with Crippen LogP contribution in [0.4, 0.5) is 5.69 Å². The van der Waals surface area contributed by atoms with Crippen molar-refractivity contribution in [1.29, 1.82) is 5.26 Å². The largest absolute Gasteiger partial charge is 0.508 e. The molecule has 0 saturated carbocycles. The summed E-state index contributed by atoms with van der Waals surface area (Å²) in [5, 5.41) is 21.3. The lowest BCUT2D eigenvalue weighted by Crippen LogP contribution is -2.00. The Morgan fingerprint density at radius 1 is 1.24 bits per heavy atom.